The van der Waals surface area contributed by atoms with E-state index in [1.807, 2.05) is 31.2 Å². The van der Waals surface area contributed by atoms with Gasteiger partial charge in [-0.05, 0) is 56.3 Å². The first-order chi connectivity index (χ1) is 10.9. The first-order valence-corrected chi connectivity index (χ1v) is 8.86. The lowest BCUT2D eigenvalue weighted by molar-refractivity contribution is 0.0989. The number of anilines is 1. The van der Waals surface area contributed by atoms with Gasteiger partial charge in [-0.25, -0.2) is 13.1 Å². The number of aryl methyl sites for hydroxylation is 1. The quantitative estimate of drug-likeness (QED) is 0.937. The molecule has 0 radical (unpaired) electrons. The molecule has 0 fully saturated rings. The molecule has 2 aromatic carbocycles. The molecule has 0 spiro atoms. The van der Waals surface area contributed by atoms with Crippen LogP contribution in [0.25, 0.3) is 0 Å². The number of hydrogen-bond acceptors (Lipinski definition) is 3. The van der Waals surface area contributed by atoms with E-state index >= 15 is 0 Å². The van der Waals surface area contributed by atoms with Crippen LogP contribution in [0.15, 0.2) is 47.4 Å². The Kier molecular flexibility index (Phi) is 3.95. The summed E-state index contributed by atoms with van der Waals surface area (Å²) in [5, 5.41) is 0. The maximum Gasteiger partial charge on any atom is 0.258 e. The predicted molar refractivity (Wildman–Crippen MR) is 89.2 cm³/mol. The molecule has 120 valence electrons. The lowest BCUT2D eigenvalue weighted by Gasteiger charge is -2.17. The molecule has 6 heteroatoms. The molecule has 1 N–H and O–H groups in total. The second kappa shape index (κ2) is 5.79. The van der Waals surface area contributed by atoms with Crippen LogP contribution >= 0.6 is 0 Å². The van der Waals surface area contributed by atoms with Crippen LogP contribution in [0.2, 0.25) is 0 Å². The zero-order valence-corrected chi connectivity index (χ0v) is 13.9. The van der Waals surface area contributed by atoms with Crippen LogP contribution in [0, 0.1) is 6.92 Å². The van der Waals surface area contributed by atoms with Gasteiger partial charge in [0.25, 0.3) is 5.91 Å². The third-order valence-corrected chi connectivity index (χ3v) is 5.48. The number of sulfonamides is 1. The lowest BCUT2D eigenvalue weighted by Crippen LogP contribution is -2.28. The van der Waals surface area contributed by atoms with Gasteiger partial charge < -0.3 is 4.90 Å². The summed E-state index contributed by atoms with van der Waals surface area (Å²) >= 11 is 0. The molecule has 0 aliphatic carbocycles. The molecule has 1 heterocycles. The Labute approximate surface area is 136 Å². The van der Waals surface area contributed by atoms with Crippen molar-refractivity contribution >= 4 is 21.6 Å². The number of nitrogens with zero attached hydrogens (tertiary/aromatic N) is 1. The van der Waals surface area contributed by atoms with E-state index in [0.717, 1.165) is 16.8 Å². The van der Waals surface area contributed by atoms with Crippen LogP contribution < -0.4 is 9.62 Å². The van der Waals surface area contributed by atoms with Crippen LogP contribution in [0.5, 0.6) is 0 Å². The minimum Gasteiger partial charge on any atom is -0.308 e. The van der Waals surface area contributed by atoms with Gasteiger partial charge in [0.05, 0.1) is 4.90 Å². The minimum absolute atomic E-state index is 0.0621. The number of amides is 1. The molecular formula is C17H18N2O3S. The number of carbonyl (C=O) groups excluding carboxylic acids is 1. The van der Waals surface area contributed by atoms with E-state index in [4.69, 9.17) is 0 Å². The maximum atomic E-state index is 12.7. The smallest absolute Gasteiger partial charge is 0.258 e. The predicted octanol–water partition coefficient (Wildman–Crippen LogP) is 2.11. The summed E-state index contributed by atoms with van der Waals surface area (Å²) in [7, 11) is -2.08. The molecule has 0 aromatic heterocycles. The first-order valence-electron chi connectivity index (χ1n) is 7.37. The van der Waals surface area contributed by atoms with Gasteiger partial charge in [0.15, 0.2) is 0 Å². The van der Waals surface area contributed by atoms with Crippen molar-refractivity contribution in [1.82, 2.24) is 4.72 Å². The Balaban J connectivity index is 1.93. The highest BCUT2D eigenvalue weighted by Gasteiger charge is 2.27. The fourth-order valence-electron chi connectivity index (χ4n) is 2.73. The molecule has 0 saturated heterocycles. The van der Waals surface area contributed by atoms with Gasteiger partial charge >= 0.3 is 0 Å². The Morgan fingerprint density at radius 2 is 1.83 bits per heavy atom. The van der Waals surface area contributed by atoms with Gasteiger partial charge in [0.2, 0.25) is 10.0 Å². The van der Waals surface area contributed by atoms with Crippen molar-refractivity contribution in [2.75, 3.05) is 18.5 Å². The molecule has 1 aliphatic heterocycles. The molecule has 0 saturated carbocycles. The van der Waals surface area contributed by atoms with Crippen molar-refractivity contribution in [2.45, 2.75) is 18.2 Å². The van der Waals surface area contributed by atoms with E-state index in [2.05, 4.69) is 4.72 Å². The molecule has 0 unspecified atom stereocenters. The van der Waals surface area contributed by atoms with E-state index in [9.17, 15) is 13.2 Å². The molecule has 1 aliphatic rings. The van der Waals surface area contributed by atoms with Crippen molar-refractivity contribution in [3.63, 3.8) is 0 Å². The monoisotopic (exact) mass is 330 g/mol. The number of carbonyl (C=O) groups is 1. The van der Waals surface area contributed by atoms with Crippen molar-refractivity contribution in [1.29, 1.82) is 0 Å². The van der Waals surface area contributed by atoms with E-state index in [-0.39, 0.29) is 10.8 Å². The third-order valence-electron chi connectivity index (χ3n) is 4.07. The first kappa shape index (κ1) is 15.7. The number of benzene rings is 2. The number of hydrogen-bond donors (Lipinski definition) is 1. The molecule has 3 rings (SSSR count). The highest BCUT2D eigenvalue weighted by atomic mass is 32.2. The summed E-state index contributed by atoms with van der Waals surface area (Å²) in [5.74, 6) is -0.0621. The zero-order chi connectivity index (χ0) is 16.6. The van der Waals surface area contributed by atoms with Crippen LogP contribution in [0.1, 0.15) is 21.5 Å². The standard InChI is InChI=1S/C17H18N2O3S/c1-12-3-5-13(6-4-12)17(20)19-10-9-14-11-15(7-8-16(14)19)23(21,22)18-2/h3-8,11,18H,9-10H2,1-2H3. The second-order valence-corrected chi connectivity index (χ2v) is 7.46. The van der Waals surface area contributed by atoms with Crippen molar-refractivity contribution in [3.8, 4) is 0 Å². The number of fused-ring (bicyclic) bond motifs is 1. The fraction of sp³-hybridized carbons (Fsp3) is 0.235. The summed E-state index contributed by atoms with van der Waals surface area (Å²) in [6, 6.07) is 12.3. The maximum absolute atomic E-state index is 12.7. The summed E-state index contributed by atoms with van der Waals surface area (Å²) in [5.41, 5.74) is 3.40. The van der Waals surface area contributed by atoms with E-state index in [1.54, 1.807) is 17.0 Å². The molecule has 5 nitrogen and oxygen atoms in total. The normalized spacial score (nSPS) is 13.9. The number of nitrogens with one attached hydrogen (secondary N) is 1. The zero-order valence-electron chi connectivity index (χ0n) is 13.0. The van der Waals surface area contributed by atoms with E-state index in [0.29, 0.717) is 18.5 Å². The molecular weight excluding hydrogens is 312 g/mol. The highest BCUT2D eigenvalue weighted by Crippen LogP contribution is 2.31. The van der Waals surface area contributed by atoms with Crippen LogP contribution in [-0.4, -0.2) is 27.9 Å². The topological polar surface area (TPSA) is 66.5 Å². The number of rotatable bonds is 3. The molecule has 0 bridgehead atoms. The fourth-order valence-corrected chi connectivity index (χ4v) is 3.51. The highest BCUT2D eigenvalue weighted by molar-refractivity contribution is 7.89. The van der Waals surface area contributed by atoms with Gasteiger partial charge in [0.1, 0.15) is 0 Å². The molecule has 2 aromatic rings. The van der Waals surface area contributed by atoms with Crippen LogP contribution in [-0.2, 0) is 16.4 Å². The average Bonchev–Trinajstić information content (AvgIpc) is 2.98. The summed E-state index contributed by atoms with van der Waals surface area (Å²) in [4.78, 5) is 14.6. The van der Waals surface area contributed by atoms with Gasteiger partial charge in [-0.2, -0.15) is 0 Å². The van der Waals surface area contributed by atoms with E-state index < -0.39 is 10.0 Å². The van der Waals surface area contributed by atoms with E-state index in [1.165, 1.54) is 13.1 Å². The second-order valence-electron chi connectivity index (χ2n) is 5.57. The minimum atomic E-state index is -3.47. The average molecular weight is 330 g/mol. The molecule has 0 atom stereocenters. The Morgan fingerprint density at radius 1 is 1.13 bits per heavy atom. The Morgan fingerprint density at radius 3 is 2.48 bits per heavy atom. The van der Waals surface area contributed by atoms with Crippen molar-refractivity contribution in [3.05, 3.63) is 59.2 Å². The molecule has 1 amide bonds. The van der Waals surface area contributed by atoms with Gasteiger partial charge in [-0.1, -0.05) is 17.7 Å². The SMILES string of the molecule is CNS(=O)(=O)c1ccc2c(c1)CCN2C(=O)c1ccc(C)cc1. The van der Waals surface area contributed by atoms with Crippen molar-refractivity contribution in [2.24, 2.45) is 0 Å². The largest absolute Gasteiger partial charge is 0.308 e. The Bertz CT molecular complexity index is 858. The summed E-state index contributed by atoms with van der Waals surface area (Å²) in [6.07, 6.45) is 0.653. The van der Waals surface area contributed by atoms with Crippen LogP contribution in [0.3, 0.4) is 0 Å². The molecule has 23 heavy (non-hydrogen) atoms. The van der Waals surface area contributed by atoms with Crippen molar-refractivity contribution < 1.29 is 13.2 Å². The van der Waals surface area contributed by atoms with Gasteiger partial charge in [-0.3, -0.25) is 4.79 Å². The Hall–Kier alpha value is -2.18. The summed E-state index contributed by atoms with van der Waals surface area (Å²) < 4.78 is 26.1. The summed E-state index contributed by atoms with van der Waals surface area (Å²) in [6.45, 7) is 2.54. The third kappa shape index (κ3) is 2.87. The van der Waals surface area contributed by atoms with Gasteiger partial charge in [-0.15, -0.1) is 0 Å². The van der Waals surface area contributed by atoms with Gasteiger partial charge in [0, 0.05) is 17.8 Å². The lowest BCUT2D eigenvalue weighted by atomic mass is 10.1. The van der Waals surface area contributed by atoms with Crippen LogP contribution in [0.4, 0.5) is 5.69 Å².